The fourth-order valence-corrected chi connectivity index (χ4v) is 3.07. The molecule has 7 nitrogen and oxygen atoms in total. The number of hydrogen-bond donors (Lipinski definition) is 0. The molecular formula is C20H21N3O4. The summed E-state index contributed by atoms with van der Waals surface area (Å²) in [5.74, 6) is -0.288. The first kappa shape index (κ1) is 18.4. The number of carbonyl (C=O) groups excluding carboxylic acids is 2. The maximum atomic E-state index is 12.5. The first-order valence-corrected chi connectivity index (χ1v) is 8.52. The van der Waals surface area contributed by atoms with Gasteiger partial charge in [-0.1, -0.05) is 13.0 Å². The summed E-state index contributed by atoms with van der Waals surface area (Å²) in [6.07, 6.45) is 7.45. The van der Waals surface area contributed by atoms with Crippen LogP contribution in [0.3, 0.4) is 0 Å². The molecule has 0 amide bonds. The zero-order valence-corrected chi connectivity index (χ0v) is 15.7. The third kappa shape index (κ3) is 3.23. The summed E-state index contributed by atoms with van der Waals surface area (Å²) in [6.45, 7) is 2.05. The normalized spacial score (nSPS) is 13.9. The van der Waals surface area contributed by atoms with Crippen LogP contribution >= 0.6 is 0 Å². The number of benzene rings is 1. The topological polar surface area (TPSA) is 73.7 Å². The molecule has 0 atom stereocenters. The Morgan fingerprint density at radius 1 is 1.11 bits per heavy atom. The van der Waals surface area contributed by atoms with Gasteiger partial charge in [-0.2, -0.15) is 0 Å². The number of rotatable bonds is 4. The lowest BCUT2D eigenvalue weighted by molar-refractivity contribution is -0.139. The van der Waals surface area contributed by atoms with Crippen LogP contribution in [0.25, 0.3) is 11.0 Å². The van der Waals surface area contributed by atoms with Crippen molar-refractivity contribution in [3.63, 3.8) is 0 Å². The Hall–Kier alpha value is -3.35. The van der Waals surface area contributed by atoms with Gasteiger partial charge in [0, 0.05) is 25.4 Å². The molecule has 0 saturated carbocycles. The average Bonchev–Trinajstić information content (AvgIpc) is 2.87. The van der Waals surface area contributed by atoms with Gasteiger partial charge in [0.25, 0.3) is 0 Å². The summed E-state index contributed by atoms with van der Waals surface area (Å²) in [6, 6.07) is 5.69. The van der Waals surface area contributed by atoms with Crippen LogP contribution in [0.15, 0.2) is 53.9 Å². The molecule has 1 aliphatic rings. The Bertz CT molecular complexity index is 998. The van der Waals surface area contributed by atoms with Gasteiger partial charge >= 0.3 is 11.9 Å². The summed E-state index contributed by atoms with van der Waals surface area (Å²) in [7, 11) is 4.52. The molecule has 140 valence electrons. The van der Waals surface area contributed by atoms with E-state index in [2.05, 4.69) is 4.98 Å². The molecule has 2 heterocycles. The Labute approximate surface area is 157 Å². The minimum absolute atomic E-state index is 0.0837. The fraction of sp³-hybridized carbons (Fsp3) is 0.250. The van der Waals surface area contributed by atoms with E-state index in [1.54, 1.807) is 23.3 Å². The number of anilines is 1. The number of ether oxygens (including phenoxy) is 2. The summed E-state index contributed by atoms with van der Waals surface area (Å²) in [5, 5.41) is 0. The Morgan fingerprint density at radius 3 is 2.52 bits per heavy atom. The van der Waals surface area contributed by atoms with Gasteiger partial charge in [-0.3, -0.25) is 0 Å². The number of carbonyl (C=O) groups is 2. The van der Waals surface area contributed by atoms with Crippen LogP contribution in [-0.2, 0) is 32.5 Å². The number of aryl methyl sites for hydroxylation is 2. The van der Waals surface area contributed by atoms with E-state index in [9.17, 15) is 9.59 Å². The second-order valence-electron chi connectivity index (χ2n) is 5.93. The molecule has 0 unspecified atom stereocenters. The van der Waals surface area contributed by atoms with E-state index in [0.29, 0.717) is 5.69 Å². The lowest BCUT2D eigenvalue weighted by Crippen LogP contribution is -2.26. The van der Waals surface area contributed by atoms with E-state index in [0.717, 1.165) is 23.3 Å². The van der Waals surface area contributed by atoms with Crippen LogP contribution < -0.4 is 4.90 Å². The SMILES string of the molecule is CCc1nc2cc(N3C=CC=CC(C(=O)OC)=C3C(=O)OC)ccc2n1C. The minimum Gasteiger partial charge on any atom is -0.465 e. The van der Waals surface area contributed by atoms with E-state index in [4.69, 9.17) is 9.47 Å². The lowest BCUT2D eigenvalue weighted by Gasteiger charge is -2.23. The summed E-state index contributed by atoms with van der Waals surface area (Å²) in [4.78, 5) is 31.0. The molecule has 0 saturated heterocycles. The van der Waals surface area contributed by atoms with Crippen molar-refractivity contribution in [3.05, 3.63) is 59.7 Å². The number of imidazole rings is 1. The third-order valence-electron chi connectivity index (χ3n) is 4.44. The van der Waals surface area contributed by atoms with Crippen molar-refractivity contribution in [1.29, 1.82) is 0 Å². The molecular weight excluding hydrogens is 346 g/mol. The maximum absolute atomic E-state index is 12.5. The zero-order valence-electron chi connectivity index (χ0n) is 15.7. The van der Waals surface area contributed by atoms with Crippen LogP contribution in [0.1, 0.15) is 12.7 Å². The smallest absolute Gasteiger partial charge is 0.355 e. The lowest BCUT2D eigenvalue weighted by atomic mass is 10.1. The number of fused-ring (bicyclic) bond motifs is 1. The van der Waals surface area contributed by atoms with Crippen LogP contribution in [-0.4, -0.2) is 35.7 Å². The monoisotopic (exact) mass is 367 g/mol. The summed E-state index contributed by atoms with van der Waals surface area (Å²) < 4.78 is 11.8. The molecule has 3 rings (SSSR count). The summed E-state index contributed by atoms with van der Waals surface area (Å²) in [5.41, 5.74) is 2.68. The Kier molecular flexibility index (Phi) is 5.12. The number of esters is 2. The largest absolute Gasteiger partial charge is 0.465 e. The van der Waals surface area contributed by atoms with Crippen molar-refractivity contribution < 1.29 is 19.1 Å². The van der Waals surface area contributed by atoms with Gasteiger partial charge in [0.2, 0.25) is 0 Å². The third-order valence-corrected chi connectivity index (χ3v) is 4.44. The van der Waals surface area contributed by atoms with Crippen LogP contribution in [0, 0.1) is 0 Å². The Morgan fingerprint density at radius 2 is 1.85 bits per heavy atom. The molecule has 0 bridgehead atoms. The van der Waals surface area contributed by atoms with Crippen molar-refractivity contribution in [2.75, 3.05) is 19.1 Å². The van der Waals surface area contributed by atoms with Crippen LogP contribution in [0.4, 0.5) is 5.69 Å². The van der Waals surface area contributed by atoms with E-state index < -0.39 is 11.9 Å². The van der Waals surface area contributed by atoms with Gasteiger partial charge in [0.15, 0.2) is 0 Å². The highest BCUT2D eigenvalue weighted by Crippen LogP contribution is 2.29. The molecule has 7 heteroatoms. The molecule has 0 aliphatic carbocycles. The average molecular weight is 367 g/mol. The molecule has 1 aromatic heterocycles. The number of aromatic nitrogens is 2. The van der Waals surface area contributed by atoms with Crippen molar-refractivity contribution in [2.45, 2.75) is 13.3 Å². The van der Waals surface area contributed by atoms with Gasteiger partial charge in [-0.05, 0) is 30.4 Å². The number of nitrogens with zero attached hydrogens (tertiary/aromatic N) is 3. The predicted molar refractivity (Wildman–Crippen MR) is 102 cm³/mol. The molecule has 27 heavy (non-hydrogen) atoms. The van der Waals surface area contributed by atoms with E-state index in [-0.39, 0.29) is 11.3 Å². The second-order valence-corrected chi connectivity index (χ2v) is 5.93. The quantitative estimate of drug-likeness (QED) is 0.774. The number of methoxy groups -OCH3 is 2. The first-order valence-electron chi connectivity index (χ1n) is 8.52. The molecule has 0 radical (unpaired) electrons. The highest BCUT2D eigenvalue weighted by atomic mass is 16.5. The van der Waals surface area contributed by atoms with E-state index in [1.165, 1.54) is 20.3 Å². The van der Waals surface area contributed by atoms with Gasteiger partial charge in [-0.15, -0.1) is 0 Å². The van der Waals surface area contributed by atoms with Crippen molar-refractivity contribution >= 4 is 28.7 Å². The van der Waals surface area contributed by atoms with E-state index >= 15 is 0 Å². The maximum Gasteiger partial charge on any atom is 0.355 e. The standard InChI is InChI=1S/C20H21N3O4/c1-5-17-21-15-12-13(9-10-16(15)22(17)2)23-11-7-6-8-14(19(24)26-3)18(23)20(25)27-4/h6-12H,5H2,1-4H3. The predicted octanol–water partition coefficient (Wildman–Crippen LogP) is 2.63. The van der Waals surface area contributed by atoms with Crippen LogP contribution in [0.2, 0.25) is 0 Å². The highest BCUT2D eigenvalue weighted by molar-refractivity contribution is 6.05. The minimum atomic E-state index is -0.637. The van der Waals surface area contributed by atoms with Crippen molar-refractivity contribution in [2.24, 2.45) is 7.05 Å². The molecule has 2 aromatic rings. The first-order chi connectivity index (χ1) is 13.0. The van der Waals surface area contributed by atoms with Gasteiger partial charge in [0.1, 0.15) is 11.5 Å². The second kappa shape index (κ2) is 7.49. The highest BCUT2D eigenvalue weighted by Gasteiger charge is 2.27. The molecule has 0 N–H and O–H groups in total. The van der Waals surface area contributed by atoms with Crippen molar-refractivity contribution in [3.8, 4) is 0 Å². The molecule has 1 aliphatic heterocycles. The van der Waals surface area contributed by atoms with Gasteiger partial charge in [-0.25, -0.2) is 14.6 Å². The Balaban J connectivity index is 2.19. The number of allylic oxidation sites excluding steroid dienone is 2. The molecule has 0 fully saturated rings. The zero-order chi connectivity index (χ0) is 19.6. The van der Waals surface area contributed by atoms with Crippen LogP contribution in [0.5, 0.6) is 0 Å². The number of hydrogen-bond acceptors (Lipinski definition) is 6. The van der Waals surface area contributed by atoms with Gasteiger partial charge < -0.3 is 18.9 Å². The summed E-state index contributed by atoms with van der Waals surface area (Å²) >= 11 is 0. The van der Waals surface area contributed by atoms with Gasteiger partial charge in [0.05, 0.1) is 30.8 Å². The van der Waals surface area contributed by atoms with E-state index in [1.807, 2.05) is 36.7 Å². The van der Waals surface area contributed by atoms with Crippen molar-refractivity contribution in [1.82, 2.24) is 9.55 Å². The molecule has 0 spiro atoms. The fourth-order valence-electron chi connectivity index (χ4n) is 3.07. The molecule has 1 aromatic carbocycles.